The van der Waals surface area contributed by atoms with Crippen molar-refractivity contribution in [3.63, 3.8) is 0 Å². The third kappa shape index (κ3) is 6.28. The van der Waals surface area contributed by atoms with Gasteiger partial charge in [-0.05, 0) is 44.6 Å². The highest BCUT2D eigenvalue weighted by Crippen LogP contribution is 2.29. The van der Waals surface area contributed by atoms with E-state index in [1.165, 1.54) is 0 Å². The maximum atomic E-state index is 12.1. The molecule has 0 unspecified atom stereocenters. The first-order chi connectivity index (χ1) is 16.3. The van der Waals surface area contributed by atoms with Gasteiger partial charge in [-0.2, -0.15) is 4.98 Å². The van der Waals surface area contributed by atoms with Crippen LogP contribution >= 0.6 is 0 Å². The summed E-state index contributed by atoms with van der Waals surface area (Å²) in [4.78, 5) is 30.5. The average molecular weight is 469 g/mol. The summed E-state index contributed by atoms with van der Waals surface area (Å²) in [6.45, 7) is 6.41. The minimum Gasteiger partial charge on any atom is -0.394 e. The Kier molecular flexibility index (Phi) is 8.54. The molecule has 1 atom stereocenters. The summed E-state index contributed by atoms with van der Waals surface area (Å²) in [6, 6.07) is 3.46. The monoisotopic (exact) mass is 468 g/mol. The third-order valence-corrected chi connectivity index (χ3v) is 5.91. The highest BCUT2D eigenvalue weighted by atomic mass is 16.3. The summed E-state index contributed by atoms with van der Waals surface area (Å²) >= 11 is 0. The molecule has 0 fully saturated rings. The second-order valence-electron chi connectivity index (χ2n) is 9.05. The lowest BCUT2D eigenvalue weighted by Crippen LogP contribution is -2.39. The topological polar surface area (TPSA) is 145 Å². The van der Waals surface area contributed by atoms with Crippen molar-refractivity contribution in [1.82, 2.24) is 30.2 Å². The summed E-state index contributed by atoms with van der Waals surface area (Å²) in [5, 5.41) is 16.5. The second kappa shape index (κ2) is 11.4. The van der Waals surface area contributed by atoms with E-state index < -0.39 is 5.54 Å². The highest BCUT2D eigenvalue weighted by molar-refractivity contribution is 5.89. The van der Waals surface area contributed by atoms with Gasteiger partial charge in [-0.15, -0.1) is 0 Å². The Hall–Kier alpha value is -3.08. The van der Waals surface area contributed by atoms with Gasteiger partial charge in [0.1, 0.15) is 5.52 Å². The molecule has 3 heterocycles. The van der Waals surface area contributed by atoms with Gasteiger partial charge in [0.25, 0.3) is 0 Å². The van der Waals surface area contributed by atoms with Gasteiger partial charge in [0.2, 0.25) is 11.5 Å². The van der Waals surface area contributed by atoms with E-state index >= 15 is 0 Å². The molecule has 3 aromatic heterocycles. The molecule has 0 aromatic carbocycles. The fourth-order valence-corrected chi connectivity index (χ4v) is 3.88. The molecule has 3 aromatic rings. The van der Waals surface area contributed by atoms with Gasteiger partial charge in [-0.3, -0.25) is 9.78 Å². The Morgan fingerprint density at radius 1 is 1.29 bits per heavy atom. The van der Waals surface area contributed by atoms with Crippen LogP contribution < -0.4 is 21.9 Å². The summed E-state index contributed by atoms with van der Waals surface area (Å²) < 4.78 is 0. The van der Waals surface area contributed by atoms with Gasteiger partial charge >= 0.3 is 0 Å². The van der Waals surface area contributed by atoms with E-state index in [-0.39, 0.29) is 18.1 Å². The molecule has 0 amide bonds. The fraction of sp³-hybridized carbons (Fsp3) is 0.500. The van der Waals surface area contributed by atoms with Crippen LogP contribution in [0.1, 0.15) is 38.7 Å². The van der Waals surface area contributed by atoms with Crippen molar-refractivity contribution < 1.29 is 5.11 Å². The normalized spacial score (nSPS) is 13.4. The van der Waals surface area contributed by atoms with E-state index in [2.05, 4.69) is 42.4 Å². The molecule has 184 valence electrons. The van der Waals surface area contributed by atoms with Crippen LogP contribution in [-0.4, -0.2) is 69.3 Å². The number of unbranched alkanes of at least 4 members (excludes halogenated alkanes) is 1. The number of nitrogens with zero attached hydrogens (tertiary/aromatic N) is 4. The molecule has 0 spiro atoms. The second-order valence-corrected chi connectivity index (χ2v) is 9.05. The number of hydrogen-bond acceptors (Lipinski definition) is 9. The minimum atomic E-state index is -0.554. The van der Waals surface area contributed by atoms with Crippen molar-refractivity contribution in [1.29, 1.82) is 0 Å². The van der Waals surface area contributed by atoms with Gasteiger partial charge in [-0.1, -0.05) is 19.8 Å². The van der Waals surface area contributed by atoms with Crippen molar-refractivity contribution in [3.8, 4) is 11.1 Å². The molecule has 0 aliphatic rings. The lowest BCUT2D eigenvalue weighted by Gasteiger charge is -2.29. The number of likely N-dealkylation sites (N-methyl/N-ethyl adjacent to an activating group) is 2. The van der Waals surface area contributed by atoms with Crippen LogP contribution in [0.25, 0.3) is 22.2 Å². The van der Waals surface area contributed by atoms with Crippen molar-refractivity contribution in [3.05, 3.63) is 40.4 Å². The number of aliphatic hydroxyl groups excluding tert-OH is 1. The van der Waals surface area contributed by atoms with E-state index in [9.17, 15) is 9.90 Å². The Bertz CT molecular complexity index is 1170. The molecule has 3 rings (SSSR count). The maximum absolute atomic E-state index is 12.1. The number of nitrogen functional groups attached to an aromatic ring is 1. The van der Waals surface area contributed by atoms with Gasteiger partial charge in [-0.25, -0.2) is 4.98 Å². The fourth-order valence-electron chi connectivity index (χ4n) is 3.88. The Morgan fingerprint density at radius 3 is 2.79 bits per heavy atom. The van der Waals surface area contributed by atoms with E-state index in [0.29, 0.717) is 23.4 Å². The van der Waals surface area contributed by atoms with Crippen LogP contribution in [0.5, 0.6) is 0 Å². The molecule has 0 aliphatic heterocycles. The number of pyridine rings is 2. The number of hydrogen-bond donors (Lipinski definition) is 5. The molecular formula is C24H36N8O2. The highest BCUT2D eigenvalue weighted by Gasteiger charge is 2.25. The van der Waals surface area contributed by atoms with Crippen LogP contribution in [0.4, 0.5) is 11.8 Å². The molecule has 10 heteroatoms. The Morgan fingerprint density at radius 2 is 2.09 bits per heavy atom. The zero-order valence-electron chi connectivity index (χ0n) is 20.5. The van der Waals surface area contributed by atoms with Crippen molar-refractivity contribution in [2.75, 3.05) is 44.8 Å². The summed E-state index contributed by atoms with van der Waals surface area (Å²) in [5.41, 5.74) is 8.96. The van der Waals surface area contributed by atoms with Crippen LogP contribution in [0.15, 0.2) is 29.3 Å². The molecule has 0 bridgehead atoms. The van der Waals surface area contributed by atoms with Gasteiger partial charge in [0, 0.05) is 43.7 Å². The first-order valence-corrected chi connectivity index (χ1v) is 11.7. The van der Waals surface area contributed by atoms with Crippen LogP contribution in [0, 0.1) is 0 Å². The average Bonchev–Trinajstić information content (AvgIpc) is 2.82. The predicted molar refractivity (Wildman–Crippen MR) is 137 cm³/mol. The largest absolute Gasteiger partial charge is 0.394 e. The van der Waals surface area contributed by atoms with Crippen molar-refractivity contribution >= 4 is 22.8 Å². The minimum absolute atomic E-state index is 0.0479. The zero-order chi connectivity index (χ0) is 24.7. The van der Waals surface area contributed by atoms with Gasteiger partial charge in [0.15, 0.2) is 5.82 Å². The number of aromatic amines is 1. The summed E-state index contributed by atoms with van der Waals surface area (Å²) in [5.74, 6) is 0.599. The Balaban J connectivity index is 2.01. The Labute approximate surface area is 200 Å². The first kappa shape index (κ1) is 25.5. The van der Waals surface area contributed by atoms with Crippen LogP contribution in [-0.2, 0) is 6.54 Å². The smallest absolute Gasteiger partial charge is 0.248 e. The molecule has 0 aliphatic carbocycles. The van der Waals surface area contributed by atoms with Crippen LogP contribution in [0.2, 0.25) is 0 Å². The number of fused-ring (bicyclic) bond motifs is 1. The number of rotatable bonds is 12. The standard InChI is InChI=1S/C24H36N8O2/c1-5-6-7-24(2,15-33)31-22-21-19(29-23(25)30-22)10-16(12-28-21)18-11-20(34)27-13-17(18)14-32(4)9-8-26-3/h10-13,26,33H,5-9,14-15H2,1-4H3,(H,27,34)(H3,25,29,30,31)/t24-/m1/s1. The van der Waals surface area contributed by atoms with Crippen molar-refractivity contribution in [2.24, 2.45) is 0 Å². The van der Waals surface area contributed by atoms with Gasteiger partial charge < -0.3 is 31.4 Å². The van der Waals surface area contributed by atoms with E-state index in [4.69, 9.17) is 5.73 Å². The lowest BCUT2D eigenvalue weighted by atomic mass is 9.96. The first-order valence-electron chi connectivity index (χ1n) is 11.7. The number of nitrogens with one attached hydrogen (secondary N) is 3. The SMILES string of the molecule is CCCC[C@](C)(CO)Nc1nc(N)nc2cc(-c3cc(=O)[nH]cc3CN(C)CCNC)cnc12. The number of aromatic nitrogens is 4. The summed E-state index contributed by atoms with van der Waals surface area (Å²) in [7, 11) is 3.96. The molecular weight excluding hydrogens is 432 g/mol. The van der Waals surface area contributed by atoms with E-state index in [1.54, 1.807) is 18.5 Å². The lowest BCUT2D eigenvalue weighted by molar-refractivity contribution is 0.212. The van der Waals surface area contributed by atoms with E-state index in [1.807, 2.05) is 27.1 Å². The maximum Gasteiger partial charge on any atom is 0.248 e. The molecule has 10 nitrogen and oxygen atoms in total. The van der Waals surface area contributed by atoms with Crippen molar-refractivity contribution in [2.45, 2.75) is 45.2 Å². The number of nitrogens with two attached hydrogens (primary N) is 1. The quantitative estimate of drug-likeness (QED) is 0.269. The van der Waals surface area contributed by atoms with Crippen LogP contribution in [0.3, 0.4) is 0 Å². The molecule has 0 saturated carbocycles. The third-order valence-electron chi connectivity index (χ3n) is 5.91. The van der Waals surface area contributed by atoms with Gasteiger partial charge in [0.05, 0.1) is 17.7 Å². The number of H-pyrrole nitrogens is 1. The number of anilines is 2. The zero-order valence-corrected chi connectivity index (χ0v) is 20.5. The molecule has 0 saturated heterocycles. The summed E-state index contributed by atoms with van der Waals surface area (Å²) in [6.07, 6.45) is 6.24. The predicted octanol–water partition coefficient (Wildman–Crippen LogP) is 1.97. The molecule has 34 heavy (non-hydrogen) atoms. The number of aliphatic hydroxyl groups is 1. The molecule has 6 N–H and O–H groups in total. The molecule has 0 radical (unpaired) electrons. The van der Waals surface area contributed by atoms with E-state index in [0.717, 1.165) is 49.0 Å².